The van der Waals surface area contributed by atoms with Crippen molar-refractivity contribution < 1.29 is 4.42 Å². The van der Waals surface area contributed by atoms with Gasteiger partial charge >= 0.3 is 0 Å². The van der Waals surface area contributed by atoms with Gasteiger partial charge in [-0.2, -0.15) is 0 Å². The predicted molar refractivity (Wildman–Crippen MR) is 230 cm³/mol. The molecule has 0 spiro atoms. The Morgan fingerprint density at radius 2 is 0.911 bits per heavy atom. The van der Waals surface area contributed by atoms with Crippen molar-refractivity contribution in [1.29, 1.82) is 0 Å². The first-order valence-electron chi connectivity index (χ1n) is 18.5. The quantitative estimate of drug-likeness (QED) is 0.170. The molecule has 0 saturated carbocycles. The lowest BCUT2D eigenvalue weighted by Gasteiger charge is -2.10. The largest absolute Gasteiger partial charge is 0.455 e. The number of rotatable bonds is 6. The van der Waals surface area contributed by atoms with Crippen molar-refractivity contribution in [2.45, 2.75) is 0 Å². The molecule has 11 rings (SSSR count). The van der Waals surface area contributed by atoms with Crippen LogP contribution in [0.25, 0.3) is 110 Å². The number of para-hydroxylation sites is 1. The maximum Gasteiger partial charge on any atom is 0.167 e. The minimum absolute atomic E-state index is 0.543. The molecular weight excluding hydrogens is 705 g/mol. The lowest BCUT2D eigenvalue weighted by atomic mass is 10.0. The first-order valence-corrected chi connectivity index (χ1v) is 19.4. The van der Waals surface area contributed by atoms with E-state index in [1.54, 1.807) is 11.3 Å². The second-order valence-electron chi connectivity index (χ2n) is 13.8. The predicted octanol–water partition coefficient (Wildman–Crippen LogP) is 13.5. The van der Waals surface area contributed by atoms with Crippen LogP contribution >= 0.6 is 11.3 Å². The number of hydrogen-bond donors (Lipinski definition) is 0. The van der Waals surface area contributed by atoms with E-state index in [0.717, 1.165) is 87.1 Å². The van der Waals surface area contributed by atoms with Crippen molar-refractivity contribution in [1.82, 2.24) is 19.9 Å². The van der Waals surface area contributed by atoms with Crippen LogP contribution in [-0.2, 0) is 0 Å². The molecule has 5 nitrogen and oxygen atoms in total. The van der Waals surface area contributed by atoms with Gasteiger partial charge in [-0.1, -0.05) is 164 Å². The Morgan fingerprint density at radius 3 is 1.59 bits per heavy atom. The first-order chi connectivity index (χ1) is 27.7. The van der Waals surface area contributed by atoms with Gasteiger partial charge in [-0.15, -0.1) is 11.3 Å². The molecule has 0 atom stereocenters. The third-order valence-electron chi connectivity index (χ3n) is 10.4. The van der Waals surface area contributed by atoms with E-state index in [1.165, 1.54) is 5.39 Å². The third kappa shape index (κ3) is 5.54. The zero-order chi connectivity index (χ0) is 37.0. The molecule has 0 fully saturated rings. The van der Waals surface area contributed by atoms with Gasteiger partial charge < -0.3 is 4.42 Å². The third-order valence-corrected chi connectivity index (χ3v) is 11.5. The van der Waals surface area contributed by atoms with Crippen molar-refractivity contribution in [3.05, 3.63) is 182 Å². The zero-order valence-corrected chi connectivity index (χ0v) is 30.7. The first kappa shape index (κ1) is 32.2. The van der Waals surface area contributed by atoms with E-state index < -0.39 is 0 Å². The highest BCUT2D eigenvalue weighted by Crippen LogP contribution is 2.43. The smallest absolute Gasteiger partial charge is 0.167 e. The van der Waals surface area contributed by atoms with E-state index >= 15 is 0 Å². The van der Waals surface area contributed by atoms with Gasteiger partial charge in [0.05, 0.1) is 15.8 Å². The molecule has 0 aliphatic rings. The van der Waals surface area contributed by atoms with Gasteiger partial charge in [-0.05, 0) is 45.8 Å². The van der Waals surface area contributed by atoms with Crippen LogP contribution in [0.5, 0.6) is 0 Å². The lowest BCUT2D eigenvalue weighted by Crippen LogP contribution is -2.00. The summed E-state index contributed by atoms with van der Waals surface area (Å²) in [5, 5.41) is 5.31. The van der Waals surface area contributed by atoms with Crippen LogP contribution in [-0.4, -0.2) is 19.9 Å². The van der Waals surface area contributed by atoms with Gasteiger partial charge in [0.2, 0.25) is 0 Å². The Balaban J connectivity index is 1.07. The van der Waals surface area contributed by atoms with Gasteiger partial charge in [-0.25, -0.2) is 19.9 Å². The second-order valence-corrected chi connectivity index (χ2v) is 14.8. The molecule has 8 aromatic carbocycles. The summed E-state index contributed by atoms with van der Waals surface area (Å²) in [4.78, 5) is 20.5. The lowest BCUT2D eigenvalue weighted by molar-refractivity contribution is 0.669. The molecule has 0 aliphatic carbocycles. The fraction of sp³-hybridized carbons (Fsp3) is 0. The van der Waals surface area contributed by atoms with Crippen LogP contribution in [0, 0.1) is 0 Å². The van der Waals surface area contributed by atoms with E-state index in [0.29, 0.717) is 17.5 Å². The van der Waals surface area contributed by atoms with Gasteiger partial charge in [0.1, 0.15) is 16.2 Å². The molecule has 0 radical (unpaired) electrons. The number of hydrogen-bond acceptors (Lipinski definition) is 6. The monoisotopic (exact) mass is 734 g/mol. The zero-order valence-electron chi connectivity index (χ0n) is 29.9. The van der Waals surface area contributed by atoms with Crippen molar-refractivity contribution in [2.24, 2.45) is 0 Å². The maximum atomic E-state index is 6.74. The minimum Gasteiger partial charge on any atom is -0.455 e. The summed E-state index contributed by atoms with van der Waals surface area (Å²) in [5.41, 5.74) is 10.7. The van der Waals surface area contributed by atoms with Gasteiger partial charge in [0.25, 0.3) is 0 Å². The number of benzene rings is 8. The van der Waals surface area contributed by atoms with E-state index in [1.807, 2.05) is 30.3 Å². The summed E-state index contributed by atoms with van der Waals surface area (Å²) in [6, 6.07) is 62.7. The summed E-state index contributed by atoms with van der Waals surface area (Å²) >= 11 is 1.70. The summed E-state index contributed by atoms with van der Waals surface area (Å²) in [6.07, 6.45) is 0. The van der Waals surface area contributed by atoms with Crippen LogP contribution in [0.1, 0.15) is 0 Å². The molecule has 6 heteroatoms. The molecule has 11 aromatic rings. The second kappa shape index (κ2) is 13.2. The fourth-order valence-corrected chi connectivity index (χ4v) is 8.63. The number of thiazole rings is 1. The van der Waals surface area contributed by atoms with E-state index in [-0.39, 0.29) is 0 Å². The topological polar surface area (TPSA) is 64.7 Å². The van der Waals surface area contributed by atoms with Crippen molar-refractivity contribution in [2.75, 3.05) is 0 Å². The Kier molecular flexibility index (Phi) is 7.60. The Labute approximate surface area is 326 Å². The van der Waals surface area contributed by atoms with Crippen LogP contribution < -0.4 is 0 Å². The number of furan rings is 1. The standard InChI is InChI=1S/C50H30N4OS/c1-3-11-31(12-4-1)33-21-25-36(26-22-33)47-52-48(37-27-23-34(24-28-37)32-13-5-2-6-14-32)54-49(53-47)41-19-9-17-39-44-40(18-10-20-42(44)55-46(39)41)50-51-45-38-16-8-7-15-35(38)29-30-43(45)56-50/h1-30H. The van der Waals surface area contributed by atoms with Crippen molar-refractivity contribution in [3.63, 3.8) is 0 Å². The number of aromatic nitrogens is 4. The Morgan fingerprint density at radius 1 is 0.375 bits per heavy atom. The Hall–Kier alpha value is -7.28. The summed E-state index contributed by atoms with van der Waals surface area (Å²) in [5.74, 6) is 1.72. The van der Waals surface area contributed by atoms with Crippen LogP contribution in [0.3, 0.4) is 0 Å². The highest BCUT2D eigenvalue weighted by molar-refractivity contribution is 7.21. The highest BCUT2D eigenvalue weighted by atomic mass is 32.1. The normalized spacial score (nSPS) is 11.6. The van der Waals surface area contributed by atoms with Crippen molar-refractivity contribution >= 4 is 54.3 Å². The van der Waals surface area contributed by atoms with Crippen molar-refractivity contribution in [3.8, 4) is 67.0 Å². The van der Waals surface area contributed by atoms with Crippen LogP contribution in [0.15, 0.2) is 186 Å². The van der Waals surface area contributed by atoms with Crippen LogP contribution in [0.2, 0.25) is 0 Å². The fourth-order valence-electron chi connectivity index (χ4n) is 7.62. The summed E-state index contributed by atoms with van der Waals surface area (Å²) in [6.45, 7) is 0. The molecule has 3 heterocycles. The van der Waals surface area contributed by atoms with Gasteiger partial charge in [0, 0.05) is 32.8 Å². The molecule has 0 saturated heterocycles. The van der Waals surface area contributed by atoms with E-state index in [4.69, 9.17) is 24.4 Å². The highest BCUT2D eigenvalue weighted by Gasteiger charge is 2.21. The SMILES string of the molecule is c1ccc(-c2ccc(-c3nc(-c4ccc(-c5ccccc5)cc4)nc(-c4cccc5c4oc4cccc(-c6nc7c(ccc8ccccc87)s6)c45)n3)cc2)cc1. The molecule has 0 unspecified atom stereocenters. The van der Waals surface area contributed by atoms with E-state index in [9.17, 15) is 0 Å². The molecule has 0 N–H and O–H groups in total. The molecule has 0 amide bonds. The molecule has 56 heavy (non-hydrogen) atoms. The molecule has 3 aromatic heterocycles. The van der Waals surface area contributed by atoms with E-state index in [2.05, 4.69) is 152 Å². The summed E-state index contributed by atoms with van der Waals surface area (Å²) < 4.78 is 7.90. The van der Waals surface area contributed by atoms with Gasteiger partial charge in [-0.3, -0.25) is 0 Å². The Bertz CT molecular complexity index is 3130. The van der Waals surface area contributed by atoms with Gasteiger partial charge in [0.15, 0.2) is 17.5 Å². The molecule has 0 aliphatic heterocycles. The van der Waals surface area contributed by atoms with Crippen LogP contribution in [0.4, 0.5) is 0 Å². The minimum atomic E-state index is 0.543. The average molecular weight is 735 g/mol. The number of nitrogens with zero attached hydrogens (tertiary/aromatic N) is 4. The summed E-state index contributed by atoms with van der Waals surface area (Å²) in [7, 11) is 0. The molecule has 0 bridgehead atoms. The average Bonchev–Trinajstić information content (AvgIpc) is 3.90. The maximum absolute atomic E-state index is 6.74. The number of fused-ring (bicyclic) bond motifs is 6. The molecular formula is C50H30N4OS. The molecule has 262 valence electrons.